The molecule has 0 spiro atoms. The fraction of sp³-hybridized carbons (Fsp3) is 0.133. The first-order valence-electron chi connectivity index (χ1n) is 5.74. The van der Waals surface area contributed by atoms with Crippen LogP contribution in [-0.4, -0.2) is 13.1 Å². The van der Waals surface area contributed by atoms with Crippen molar-refractivity contribution < 1.29 is 14.3 Å². The number of hydrogen-bond acceptors (Lipinski definition) is 3. The Balaban J connectivity index is 1.98. The van der Waals surface area contributed by atoms with Gasteiger partial charge in [-0.1, -0.05) is 28.1 Å². The van der Waals surface area contributed by atoms with Crippen molar-refractivity contribution in [1.29, 1.82) is 0 Å². The standard InChI is InChI=1S/C15H13BrO3/c1-18-15(17)12-5-7-14(8-6-12)19-10-11-3-2-4-13(16)9-11/h2-9H,10H2,1H3. The zero-order valence-corrected chi connectivity index (χ0v) is 12.0. The van der Waals surface area contributed by atoms with Crippen LogP contribution in [0.2, 0.25) is 0 Å². The van der Waals surface area contributed by atoms with Crippen molar-refractivity contribution in [2.45, 2.75) is 6.61 Å². The van der Waals surface area contributed by atoms with Gasteiger partial charge in [0.1, 0.15) is 12.4 Å². The van der Waals surface area contributed by atoms with Crippen LogP contribution in [-0.2, 0) is 11.3 Å². The lowest BCUT2D eigenvalue weighted by molar-refractivity contribution is 0.0600. The Morgan fingerprint density at radius 3 is 2.53 bits per heavy atom. The summed E-state index contributed by atoms with van der Waals surface area (Å²) in [5, 5.41) is 0. The zero-order valence-electron chi connectivity index (χ0n) is 10.4. The van der Waals surface area contributed by atoms with E-state index in [2.05, 4.69) is 20.7 Å². The summed E-state index contributed by atoms with van der Waals surface area (Å²) in [4.78, 5) is 11.3. The summed E-state index contributed by atoms with van der Waals surface area (Å²) in [7, 11) is 1.36. The van der Waals surface area contributed by atoms with Gasteiger partial charge in [-0.15, -0.1) is 0 Å². The first-order valence-corrected chi connectivity index (χ1v) is 6.54. The molecule has 0 unspecified atom stereocenters. The van der Waals surface area contributed by atoms with Gasteiger partial charge in [-0.25, -0.2) is 4.79 Å². The van der Waals surface area contributed by atoms with E-state index in [4.69, 9.17) is 4.74 Å². The van der Waals surface area contributed by atoms with Gasteiger partial charge in [-0.05, 0) is 42.0 Å². The number of methoxy groups -OCH3 is 1. The summed E-state index contributed by atoms with van der Waals surface area (Å²) >= 11 is 3.41. The first kappa shape index (κ1) is 13.6. The third-order valence-corrected chi connectivity index (χ3v) is 3.06. The molecule has 0 aliphatic carbocycles. The molecule has 98 valence electrons. The topological polar surface area (TPSA) is 35.5 Å². The Morgan fingerprint density at radius 1 is 1.16 bits per heavy atom. The van der Waals surface area contributed by atoms with Gasteiger partial charge in [-0.2, -0.15) is 0 Å². The van der Waals surface area contributed by atoms with Crippen molar-refractivity contribution in [1.82, 2.24) is 0 Å². The molecule has 2 aromatic carbocycles. The van der Waals surface area contributed by atoms with Gasteiger partial charge in [-0.3, -0.25) is 0 Å². The highest BCUT2D eigenvalue weighted by molar-refractivity contribution is 9.10. The highest BCUT2D eigenvalue weighted by atomic mass is 79.9. The maximum absolute atomic E-state index is 11.3. The monoisotopic (exact) mass is 320 g/mol. The lowest BCUT2D eigenvalue weighted by Gasteiger charge is -2.07. The molecule has 3 nitrogen and oxygen atoms in total. The van der Waals surface area contributed by atoms with Crippen molar-refractivity contribution in [3.63, 3.8) is 0 Å². The molecule has 0 amide bonds. The second-order valence-electron chi connectivity index (χ2n) is 3.93. The molecule has 0 saturated carbocycles. The SMILES string of the molecule is COC(=O)c1ccc(OCc2cccc(Br)c2)cc1. The highest BCUT2D eigenvalue weighted by Gasteiger charge is 2.04. The van der Waals surface area contributed by atoms with E-state index < -0.39 is 0 Å². The maximum atomic E-state index is 11.3. The van der Waals surface area contributed by atoms with Crippen molar-refractivity contribution in [3.05, 3.63) is 64.1 Å². The van der Waals surface area contributed by atoms with Gasteiger partial charge in [0.05, 0.1) is 12.7 Å². The minimum absolute atomic E-state index is 0.349. The van der Waals surface area contributed by atoms with E-state index in [9.17, 15) is 4.79 Å². The van der Waals surface area contributed by atoms with E-state index in [0.717, 1.165) is 10.0 Å². The van der Waals surface area contributed by atoms with Gasteiger partial charge in [0.15, 0.2) is 0 Å². The van der Waals surface area contributed by atoms with Crippen LogP contribution in [0.4, 0.5) is 0 Å². The summed E-state index contributed by atoms with van der Waals surface area (Å²) < 4.78 is 11.3. The van der Waals surface area contributed by atoms with E-state index in [1.165, 1.54) is 7.11 Å². The van der Waals surface area contributed by atoms with Gasteiger partial charge in [0.25, 0.3) is 0 Å². The largest absolute Gasteiger partial charge is 0.489 e. The molecule has 0 bridgehead atoms. The van der Waals surface area contributed by atoms with Crippen LogP contribution in [0.1, 0.15) is 15.9 Å². The van der Waals surface area contributed by atoms with E-state index in [1.807, 2.05) is 24.3 Å². The lowest BCUT2D eigenvalue weighted by Crippen LogP contribution is -2.01. The Morgan fingerprint density at radius 2 is 1.89 bits per heavy atom. The number of carbonyl (C=O) groups excluding carboxylic acids is 1. The predicted octanol–water partition coefficient (Wildman–Crippen LogP) is 3.81. The molecule has 0 aliphatic rings. The first-order chi connectivity index (χ1) is 9.19. The normalized spacial score (nSPS) is 10.0. The van der Waals surface area contributed by atoms with Crippen molar-refractivity contribution in [2.75, 3.05) is 7.11 Å². The lowest BCUT2D eigenvalue weighted by atomic mass is 10.2. The van der Waals surface area contributed by atoms with Crippen LogP contribution in [0.5, 0.6) is 5.75 Å². The summed E-state index contributed by atoms with van der Waals surface area (Å²) in [5.74, 6) is 0.367. The molecule has 0 radical (unpaired) electrons. The molecule has 0 heterocycles. The van der Waals surface area contributed by atoms with E-state index in [0.29, 0.717) is 17.9 Å². The number of carbonyl (C=O) groups is 1. The van der Waals surface area contributed by atoms with Crippen LogP contribution >= 0.6 is 15.9 Å². The molecule has 4 heteroatoms. The van der Waals surface area contributed by atoms with Gasteiger partial charge in [0.2, 0.25) is 0 Å². The molecular formula is C15H13BrO3. The number of esters is 1. The van der Waals surface area contributed by atoms with Gasteiger partial charge >= 0.3 is 5.97 Å². The Labute approximate surface area is 120 Å². The number of ether oxygens (including phenoxy) is 2. The quantitative estimate of drug-likeness (QED) is 0.803. The number of rotatable bonds is 4. The average molecular weight is 321 g/mol. The second-order valence-corrected chi connectivity index (χ2v) is 4.85. The zero-order chi connectivity index (χ0) is 13.7. The minimum atomic E-state index is -0.349. The minimum Gasteiger partial charge on any atom is -0.489 e. The van der Waals surface area contributed by atoms with Crippen molar-refractivity contribution in [3.8, 4) is 5.75 Å². The van der Waals surface area contributed by atoms with E-state index >= 15 is 0 Å². The molecule has 2 rings (SSSR count). The fourth-order valence-electron chi connectivity index (χ4n) is 1.60. The number of benzene rings is 2. The fourth-order valence-corrected chi connectivity index (χ4v) is 2.05. The third kappa shape index (κ3) is 3.83. The van der Waals surface area contributed by atoms with Gasteiger partial charge in [0, 0.05) is 4.47 Å². The Bertz CT molecular complexity index is 564. The molecule has 0 aromatic heterocycles. The van der Waals surface area contributed by atoms with Crippen LogP contribution in [0.25, 0.3) is 0 Å². The molecule has 2 aromatic rings. The molecule has 0 aliphatic heterocycles. The molecule has 0 N–H and O–H groups in total. The third-order valence-electron chi connectivity index (χ3n) is 2.57. The molecule has 0 saturated heterocycles. The number of hydrogen-bond donors (Lipinski definition) is 0. The highest BCUT2D eigenvalue weighted by Crippen LogP contribution is 2.16. The second kappa shape index (κ2) is 6.38. The smallest absolute Gasteiger partial charge is 0.337 e. The molecule has 0 atom stereocenters. The predicted molar refractivity (Wildman–Crippen MR) is 76.3 cm³/mol. The van der Waals surface area contributed by atoms with Crippen molar-refractivity contribution >= 4 is 21.9 Å². The Hall–Kier alpha value is -1.81. The summed E-state index contributed by atoms with van der Waals surface area (Å²) in [6.07, 6.45) is 0. The van der Waals surface area contributed by atoms with E-state index in [-0.39, 0.29) is 5.97 Å². The summed E-state index contributed by atoms with van der Waals surface area (Å²) in [5.41, 5.74) is 1.59. The molecular weight excluding hydrogens is 308 g/mol. The maximum Gasteiger partial charge on any atom is 0.337 e. The summed E-state index contributed by atoms with van der Waals surface area (Å²) in [6, 6.07) is 14.8. The molecule has 19 heavy (non-hydrogen) atoms. The van der Waals surface area contributed by atoms with Crippen LogP contribution in [0, 0.1) is 0 Å². The van der Waals surface area contributed by atoms with E-state index in [1.54, 1.807) is 24.3 Å². The summed E-state index contributed by atoms with van der Waals surface area (Å²) in [6.45, 7) is 0.483. The number of halogens is 1. The van der Waals surface area contributed by atoms with Crippen molar-refractivity contribution in [2.24, 2.45) is 0 Å². The molecule has 0 fully saturated rings. The van der Waals surface area contributed by atoms with Gasteiger partial charge < -0.3 is 9.47 Å². The van der Waals surface area contributed by atoms with Crippen LogP contribution in [0.15, 0.2) is 53.0 Å². The van der Waals surface area contributed by atoms with Crippen LogP contribution < -0.4 is 4.74 Å². The average Bonchev–Trinajstić information content (AvgIpc) is 2.45. The van der Waals surface area contributed by atoms with Crippen LogP contribution in [0.3, 0.4) is 0 Å². The Kier molecular flexibility index (Phi) is 4.58.